The number of ether oxygens (including phenoxy) is 1. The molecule has 1 heterocycles. The SMILES string of the molecule is CC(C)(C)OC(=O)NCCCNc1nc(Nc2cc(Cl)cc(Cl)c2)nc2ccccc12. The summed E-state index contributed by atoms with van der Waals surface area (Å²) in [5.41, 5.74) is 0.974. The van der Waals surface area contributed by atoms with E-state index in [1.807, 2.05) is 45.0 Å². The molecule has 0 saturated carbocycles. The highest BCUT2D eigenvalue weighted by atomic mass is 35.5. The number of amides is 1. The molecule has 7 nitrogen and oxygen atoms in total. The van der Waals surface area contributed by atoms with Crippen LogP contribution in [0.5, 0.6) is 0 Å². The van der Waals surface area contributed by atoms with Crippen LogP contribution in [-0.4, -0.2) is 34.8 Å². The van der Waals surface area contributed by atoms with Crippen molar-refractivity contribution in [2.75, 3.05) is 23.7 Å². The number of alkyl carbamates (subject to hydrolysis) is 1. The largest absolute Gasteiger partial charge is 0.444 e. The van der Waals surface area contributed by atoms with E-state index in [4.69, 9.17) is 27.9 Å². The van der Waals surface area contributed by atoms with E-state index >= 15 is 0 Å². The molecule has 0 fully saturated rings. The molecule has 3 rings (SSSR count). The molecule has 0 aliphatic heterocycles. The van der Waals surface area contributed by atoms with Crippen LogP contribution < -0.4 is 16.0 Å². The molecule has 0 unspecified atom stereocenters. The van der Waals surface area contributed by atoms with Crippen molar-refractivity contribution in [3.63, 3.8) is 0 Å². The van der Waals surface area contributed by atoms with E-state index in [0.717, 1.165) is 10.9 Å². The summed E-state index contributed by atoms with van der Waals surface area (Å²) in [5, 5.41) is 11.2. The molecule has 0 saturated heterocycles. The van der Waals surface area contributed by atoms with Crippen LogP contribution in [0.15, 0.2) is 42.5 Å². The molecule has 1 aromatic heterocycles. The molecule has 2 aromatic carbocycles. The lowest BCUT2D eigenvalue weighted by atomic mass is 10.2. The number of fused-ring (bicyclic) bond motifs is 1. The second-order valence-electron chi connectivity index (χ2n) is 7.91. The molecule has 0 spiro atoms. The summed E-state index contributed by atoms with van der Waals surface area (Å²) in [6.45, 7) is 6.59. The Morgan fingerprint density at radius 2 is 1.74 bits per heavy atom. The van der Waals surface area contributed by atoms with Crippen LogP contribution in [0, 0.1) is 0 Å². The van der Waals surface area contributed by atoms with E-state index in [-0.39, 0.29) is 0 Å². The molecule has 0 aliphatic rings. The first-order chi connectivity index (χ1) is 14.7. The second kappa shape index (κ2) is 10.0. The monoisotopic (exact) mass is 461 g/mol. The average Bonchev–Trinajstić information content (AvgIpc) is 2.65. The van der Waals surface area contributed by atoms with Gasteiger partial charge in [-0.3, -0.25) is 0 Å². The minimum atomic E-state index is -0.515. The summed E-state index contributed by atoms with van der Waals surface area (Å²) in [7, 11) is 0. The maximum Gasteiger partial charge on any atom is 0.407 e. The Labute approximate surface area is 191 Å². The lowest BCUT2D eigenvalue weighted by Gasteiger charge is -2.19. The van der Waals surface area contributed by atoms with Crippen LogP contribution in [-0.2, 0) is 4.74 Å². The van der Waals surface area contributed by atoms with Crippen molar-refractivity contribution in [3.05, 3.63) is 52.5 Å². The lowest BCUT2D eigenvalue weighted by molar-refractivity contribution is 0.0528. The molecule has 9 heteroatoms. The summed E-state index contributed by atoms with van der Waals surface area (Å²) in [4.78, 5) is 20.9. The number of nitrogens with zero attached hydrogens (tertiary/aromatic N) is 2. The van der Waals surface area contributed by atoms with Crippen LogP contribution >= 0.6 is 23.2 Å². The maximum atomic E-state index is 11.7. The molecule has 0 atom stereocenters. The number of rotatable bonds is 7. The van der Waals surface area contributed by atoms with Crippen molar-refractivity contribution in [1.82, 2.24) is 15.3 Å². The van der Waals surface area contributed by atoms with Crippen molar-refractivity contribution < 1.29 is 9.53 Å². The van der Waals surface area contributed by atoms with Gasteiger partial charge in [0.15, 0.2) is 0 Å². The topological polar surface area (TPSA) is 88.2 Å². The summed E-state index contributed by atoms with van der Waals surface area (Å²) in [6.07, 6.45) is 0.274. The summed E-state index contributed by atoms with van der Waals surface area (Å²) in [5.74, 6) is 1.12. The molecule has 1 amide bonds. The standard InChI is InChI=1S/C22H25Cl2N5O2/c1-22(2,3)31-21(30)26-10-6-9-25-19-17-7-4-5-8-18(17)28-20(29-19)27-16-12-14(23)11-15(24)13-16/h4-5,7-8,11-13H,6,9-10H2,1-3H3,(H,26,30)(H2,25,27,28,29). The number of para-hydroxylation sites is 1. The number of benzene rings is 2. The highest BCUT2D eigenvalue weighted by Crippen LogP contribution is 2.27. The number of nitrogens with one attached hydrogen (secondary N) is 3. The van der Waals surface area contributed by atoms with Gasteiger partial charge in [-0.2, -0.15) is 4.98 Å². The summed E-state index contributed by atoms with van der Waals surface area (Å²) < 4.78 is 5.23. The fourth-order valence-corrected chi connectivity index (χ4v) is 3.35. The highest BCUT2D eigenvalue weighted by Gasteiger charge is 2.15. The Morgan fingerprint density at radius 3 is 2.45 bits per heavy atom. The van der Waals surface area contributed by atoms with E-state index in [9.17, 15) is 4.79 Å². The van der Waals surface area contributed by atoms with Gasteiger partial charge in [0.25, 0.3) is 0 Å². The van der Waals surface area contributed by atoms with Gasteiger partial charge < -0.3 is 20.7 Å². The number of aromatic nitrogens is 2. The third-order valence-electron chi connectivity index (χ3n) is 4.04. The van der Waals surface area contributed by atoms with Crippen molar-refractivity contribution in [2.24, 2.45) is 0 Å². The molecule has 31 heavy (non-hydrogen) atoms. The van der Waals surface area contributed by atoms with Gasteiger partial charge >= 0.3 is 6.09 Å². The zero-order valence-corrected chi connectivity index (χ0v) is 19.1. The van der Waals surface area contributed by atoms with Gasteiger partial charge in [0.1, 0.15) is 11.4 Å². The number of anilines is 3. The van der Waals surface area contributed by atoms with Gasteiger partial charge in [0.2, 0.25) is 5.95 Å². The zero-order valence-electron chi connectivity index (χ0n) is 17.6. The number of hydrogen-bond donors (Lipinski definition) is 3. The van der Waals surface area contributed by atoms with Gasteiger partial charge in [-0.1, -0.05) is 35.3 Å². The number of halogens is 2. The molecular weight excluding hydrogens is 437 g/mol. The van der Waals surface area contributed by atoms with E-state index < -0.39 is 11.7 Å². The van der Waals surface area contributed by atoms with E-state index in [1.54, 1.807) is 18.2 Å². The Morgan fingerprint density at radius 1 is 1.03 bits per heavy atom. The van der Waals surface area contributed by atoms with Crippen LogP contribution in [0.3, 0.4) is 0 Å². The normalized spacial score (nSPS) is 11.3. The Kier molecular flexibility index (Phi) is 7.41. The van der Waals surface area contributed by atoms with Gasteiger partial charge in [0.05, 0.1) is 5.52 Å². The predicted molar refractivity (Wildman–Crippen MR) is 127 cm³/mol. The molecule has 0 bridgehead atoms. The Hall–Kier alpha value is -2.77. The van der Waals surface area contributed by atoms with Crippen LogP contribution in [0.1, 0.15) is 27.2 Å². The molecule has 0 aliphatic carbocycles. The molecule has 164 valence electrons. The van der Waals surface area contributed by atoms with Crippen molar-refractivity contribution >= 4 is 57.7 Å². The fraction of sp³-hybridized carbons (Fsp3) is 0.318. The van der Waals surface area contributed by atoms with Gasteiger partial charge in [-0.05, 0) is 57.5 Å². The van der Waals surface area contributed by atoms with Crippen molar-refractivity contribution in [1.29, 1.82) is 0 Å². The van der Waals surface area contributed by atoms with Gasteiger partial charge in [0, 0.05) is 34.2 Å². The molecule has 3 aromatic rings. The van der Waals surface area contributed by atoms with Crippen molar-refractivity contribution in [3.8, 4) is 0 Å². The lowest BCUT2D eigenvalue weighted by Crippen LogP contribution is -2.33. The molecule has 0 radical (unpaired) electrons. The first-order valence-corrected chi connectivity index (χ1v) is 10.7. The smallest absolute Gasteiger partial charge is 0.407 e. The minimum absolute atomic E-state index is 0.423. The van der Waals surface area contributed by atoms with Gasteiger partial charge in [-0.15, -0.1) is 0 Å². The third-order valence-corrected chi connectivity index (χ3v) is 4.47. The van der Waals surface area contributed by atoms with Crippen molar-refractivity contribution in [2.45, 2.75) is 32.8 Å². The van der Waals surface area contributed by atoms with E-state index in [0.29, 0.717) is 47.0 Å². The zero-order chi connectivity index (χ0) is 22.4. The fourth-order valence-electron chi connectivity index (χ4n) is 2.82. The second-order valence-corrected chi connectivity index (χ2v) is 8.78. The Balaban J connectivity index is 1.66. The molecule has 3 N–H and O–H groups in total. The van der Waals surface area contributed by atoms with E-state index in [2.05, 4.69) is 25.9 Å². The van der Waals surface area contributed by atoms with Gasteiger partial charge in [-0.25, -0.2) is 9.78 Å². The van der Waals surface area contributed by atoms with Crippen LogP contribution in [0.25, 0.3) is 10.9 Å². The molecular formula is C22H25Cl2N5O2. The number of hydrogen-bond acceptors (Lipinski definition) is 6. The van der Waals surface area contributed by atoms with Crippen LogP contribution in [0.2, 0.25) is 10.0 Å². The first-order valence-electron chi connectivity index (χ1n) is 9.90. The third kappa shape index (κ3) is 7.15. The maximum absolute atomic E-state index is 11.7. The minimum Gasteiger partial charge on any atom is -0.444 e. The Bertz CT molecular complexity index is 1050. The van der Waals surface area contributed by atoms with E-state index in [1.165, 1.54) is 0 Å². The highest BCUT2D eigenvalue weighted by molar-refractivity contribution is 6.35. The number of carbonyl (C=O) groups is 1. The summed E-state index contributed by atoms with van der Waals surface area (Å²) >= 11 is 12.2. The predicted octanol–water partition coefficient (Wildman–Crippen LogP) is 6.01. The quantitative estimate of drug-likeness (QED) is 0.373. The number of carbonyl (C=O) groups excluding carboxylic acids is 1. The average molecular weight is 462 g/mol. The summed E-state index contributed by atoms with van der Waals surface area (Å²) in [6, 6.07) is 12.9. The van der Waals surface area contributed by atoms with Crippen LogP contribution in [0.4, 0.5) is 22.2 Å². The first kappa shape index (κ1) is 22.9.